The summed E-state index contributed by atoms with van der Waals surface area (Å²) >= 11 is 0. The summed E-state index contributed by atoms with van der Waals surface area (Å²) in [6.45, 7) is 2.77. The smallest absolute Gasteiger partial charge is 0.337 e. The monoisotopic (exact) mass is 445 g/mol. The van der Waals surface area contributed by atoms with Gasteiger partial charge in [-0.15, -0.1) is 0 Å². The van der Waals surface area contributed by atoms with Crippen molar-refractivity contribution in [1.82, 2.24) is 4.90 Å². The molecule has 0 unspecified atom stereocenters. The molecule has 1 saturated heterocycles. The third-order valence-electron chi connectivity index (χ3n) is 6.64. The van der Waals surface area contributed by atoms with Gasteiger partial charge in [-0.05, 0) is 72.5 Å². The first kappa shape index (κ1) is 22.9. The van der Waals surface area contributed by atoms with Gasteiger partial charge in [0.1, 0.15) is 11.5 Å². The molecule has 0 saturated carbocycles. The summed E-state index contributed by atoms with van der Waals surface area (Å²) in [5.41, 5.74) is 4.22. The zero-order chi connectivity index (χ0) is 23.3. The second kappa shape index (κ2) is 10.1. The van der Waals surface area contributed by atoms with Crippen molar-refractivity contribution in [1.29, 1.82) is 0 Å². The summed E-state index contributed by atoms with van der Waals surface area (Å²) in [6, 6.07) is 24.7. The van der Waals surface area contributed by atoms with Crippen LogP contribution in [0.3, 0.4) is 0 Å². The minimum Gasteiger partial charge on any atom is -0.497 e. The summed E-state index contributed by atoms with van der Waals surface area (Å²) in [6.07, 6.45) is 2.17. The minimum absolute atomic E-state index is 0.122. The molecule has 33 heavy (non-hydrogen) atoms. The van der Waals surface area contributed by atoms with E-state index in [0.717, 1.165) is 44.0 Å². The van der Waals surface area contributed by atoms with Gasteiger partial charge in [0.2, 0.25) is 0 Å². The van der Waals surface area contributed by atoms with Gasteiger partial charge in [0, 0.05) is 18.5 Å². The molecule has 0 aromatic heterocycles. The molecule has 172 valence electrons. The lowest BCUT2D eigenvalue weighted by molar-refractivity contribution is 0.0600. The van der Waals surface area contributed by atoms with E-state index >= 15 is 0 Å². The van der Waals surface area contributed by atoms with E-state index in [1.165, 1.54) is 23.8 Å². The number of carbonyl (C=O) groups excluding carboxylic acids is 1. The van der Waals surface area contributed by atoms with Gasteiger partial charge in [-0.2, -0.15) is 0 Å². The van der Waals surface area contributed by atoms with Crippen LogP contribution in [0.1, 0.15) is 39.9 Å². The van der Waals surface area contributed by atoms with E-state index in [2.05, 4.69) is 29.2 Å². The quantitative estimate of drug-likeness (QED) is 0.475. The van der Waals surface area contributed by atoms with Crippen LogP contribution >= 0.6 is 0 Å². The zero-order valence-electron chi connectivity index (χ0n) is 19.5. The number of esters is 1. The van der Waals surface area contributed by atoms with Gasteiger partial charge in [-0.1, -0.05) is 36.4 Å². The lowest BCUT2D eigenvalue weighted by Gasteiger charge is -2.44. The number of hydrogen-bond donors (Lipinski definition) is 0. The second-order valence-corrected chi connectivity index (χ2v) is 8.54. The molecular weight excluding hydrogens is 414 g/mol. The molecule has 0 spiro atoms. The predicted molar refractivity (Wildman–Crippen MR) is 129 cm³/mol. The number of rotatable bonds is 7. The van der Waals surface area contributed by atoms with E-state index in [-0.39, 0.29) is 11.4 Å². The molecule has 4 rings (SSSR count). The Kier molecular flexibility index (Phi) is 6.99. The number of nitrogens with zero attached hydrogens (tertiary/aromatic N) is 1. The summed E-state index contributed by atoms with van der Waals surface area (Å²) in [4.78, 5) is 14.3. The van der Waals surface area contributed by atoms with Crippen LogP contribution in [0.5, 0.6) is 11.5 Å². The third kappa shape index (κ3) is 4.88. The number of ether oxygens (including phenoxy) is 3. The van der Waals surface area contributed by atoms with Gasteiger partial charge in [0.05, 0.1) is 26.9 Å². The first-order valence-electron chi connectivity index (χ1n) is 11.3. The molecular formula is C28H31NO4. The van der Waals surface area contributed by atoms with Crippen LogP contribution in [-0.4, -0.2) is 45.3 Å². The number of likely N-dealkylation sites (tertiary alicyclic amines) is 1. The van der Waals surface area contributed by atoms with E-state index in [4.69, 9.17) is 14.2 Å². The summed E-state index contributed by atoms with van der Waals surface area (Å²) in [5.74, 6) is 1.42. The lowest BCUT2D eigenvalue weighted by Crippen LogP contribution is -2.46. The normalized spacial score (nSPS) is 15.6. The molecule has 3 aromatic rings. The van der Waals surface area contributed by atoms with E-state index in [9.17, 15) is 4.79 Å². The number of benzene rings is 3. The molecule has 1 fully saturated rings. The largest absolute Gasteiger partial charge is 0.497 e. The van der Waals surface area contributed by atoms with Crippen molar-refractivity contribution in [2.75, 3.05) is 34.4 Å². The Morgan fingerprint density at radius 2 is 1.36 bits per heavy atom. The average molecular weight is 446 g/mol. The highest BCUT2D eigenvalue weighted by Gasteiger charge is 2.38. The fourth-order valence-corrected chi connectivity index (χ4v) is 4.86. The van der Waals surface area contributed by atoms with Crippen molar-refractivity contribution in [3.63, 3.8) is 0 Å². The van der Waals surface area contributed by atoms with Gasteiger partial charge in [0.15, 0.2) is 0 Å². The first-order valence-corrected chi connectivity index (χ1v) is 11.3. The zero-order valence-corrected chi connectivity index (χ0v) is 19.5. The number of carbonyl (C=O) groups is 1. The van der Waals surface area contributed by atoms with Crippen molar-refractivity contribution in [2.24, 2.45) is 0 Å². The Balaban J connectivity index is 1.63. The highest BCUT2D eigenvalue weighted by molar-refractivity contribution is 5.89. The van der Waals surface area contributed by atoms with Crippen molar-refractivity contribution in [3.8, 4) is 11.5 Å². The lowest BCUT2D eigenvalue weighted by atomic mass is 9.69. The van der Waals surface area contributed by atoms with E-state index in [0.29, 0.717) is 5.56 Å². The summed E-state index contributed by atoms with van der Waals surface area (Å²) < 4.78 is 15.6. The maximum Gasteiger partial charge on any atom is 0.337 e. The van der Waals surface area contributed by atoms with Crippen molar-refractivity contribution in [3.05, 3.63) is 95.1 Å². The molecule has 1 aliphatic heterocycles. The molecule has 1 heterocycles. The highest BCUT2D eigenvalue weighted by Crippen LogP contribution is 2.41. The molecule has 0 aliphatic carbocycles. The van der Waals surface area contributed by atoms with Crippen LogP contribution in [0, 0.1) is 0 Å². The van der Waals surface area contributed by atoms with E-state index < -0.39 is 0 Å². The molecule has 0 bridgehead atoms. The Hall–Kier alpha value is -3.31. The van der Waals surface area contributed by atoms with Crippen LogP contribution in [0.4, 0.5) is 0 Å². The molecule has 1 aliphatic rings. The average Bonchev–Trinajstić information content (AvgIpc) is 2.89. The SMILES string of the molecule is COC(=O)c1ccc(CN2CCCC(c3ccc(OC)cc3)(c3ccc(OC)cc3)C2)cc1. The molecule has 3 aromatic carbocycles. The fraction of sp³-hybridized carbons (Fsp3) is 0.321. The van der Waals surface area contributed by atoms with Gasteiger partial charge in [-0.3, -0.25) is 4.90 Å². The van der Waals surface area contributed by atoms with Crippen molar-refractivity contribution >= 4 is 5.97 Å². The molecule has 0 amide bonds. The Morgan fingerprint density at radius 1 is 0.818 bits per heavy atom. The number of piperidine rings is 1. The number of hydrogen-bond acceptors (Lipinski definition) is 5. The van der Waals surface area contributed by atoms with Crippen LogP contribution in [0.25, 0.3) is 0 Å². The van der Waals surface area contributed by atoms with Crippen LogP contribution in [0.2, 0.25) is 0 Å². The van der Waals surface area contributed by atoms with Crippen LogP contribution in [0.15, 0.2) is 72.8 Å². The van der Waals surface area contributed by atoms with Crippen LogP contribution < -0.4 is 9.47 Å². The molecule has 0 N–H and O–H groups in total. The van der Waals surface area contributed by atoms with E-state index in [1.54, 1.807) is 14.2 Å². The van der Waals surface area contributed by atoms with Gasteiger partial charge in [-0.25, -0.2) is 4.79 Å². The Labute approximate surface area is 195 Å². The number of methoxy groups -OCH3 is 3. The summed E-state index contributed by atoms with van der Waals surface area (Å²) in [5, 5.41) is 0. The van der Waals surface area contributed by atoms with Crippen LogP contribution in [-0.2, 0) is 16.7 Å². The molecule has 5 nitrogen and oxygen atoms in total. The topological polar surface area (TPSA) is 48.0 Å². The first-order chi connectivity index (χ1) is 16.1. The van der Waals surface area contributed by atoms with E-state index in [1.807, 2.05) is 48.5 Å². The van der Waals surface area contributed by atoms with Crippen molar-refractivity contribution in [2.45, 2.75) is 24.8 Å². The minimum atomic E-state index is -0.308. The highest BCUT2D eigenvalue weighted by atomic mass is 16.5. The standard InChI is InChI=1S/C28H31NO4/c1-31-25-13-9-23(10-14-25)28(24-11-15-26(32-2)16-12-24)17-4-18-29(20-28)19-21-5-7-22(8-6-21)27(30)33-3/h5-16H,4,17-20H2,1-3H3. The van der Waals surface area contributed by atoms with Gasteiger partial charge < -0.3 is 14.2 Å². The molecule has 0 radical (unpaired) electrons. The maximum absolute atomic E-state index is 11.8. The van der Waals surface area contributed by atoms with Gasteiger partial charge >= 0.3 is 5.97 Å². The maximum atomic E-state index is 11.8. The van der Waals surface area contributed by atoms with Crippen molar-refractivity contribution < 1.29 is 19.0 Å². The second-order valence-electron chi connectivity index (χ2n) is 8.54. The van der Waals surface area contributed by atoms with Gasteiger partial charge in [0.25, 0.3) is 0 Å². The Bertz CT molecular complexity index is 1010. The predicted octanol–water partition coefficient (Wildman–Crippen LogP) is 5.07. The summed E-state index contributed by atoms with van der Waals surface area (Å²) in [7, 11) is 4.80. The Morgan fingerprint density at radius 3 is 1.85 bits per heavy atom. The third-order valence-corrected chi connectivity index (χ3v) is 6.64. The molecule has 5 heteroatoms. The molecule has 0 atom stereocenters. The fourth-order valence-electron chi connectivity index (χ4n) is 4.86.